The number of hydrogen-bond acceptors (Lipinski definition) is 4. The number of nitrogens with zero attached hydrogens (tertiary/aromatic N) is 3. The average molecular weight is 385 g/mol. The number of ether oxygens (including phenoxy) is 1. The normalized spacial score (nSPS) is 11.9. The molecule has 140 valence electrons. The SMILES string of the molecule is COc1ccccc1C(C)NC(=O)c1nc(-n2nc(C)cc2C)ccc1Cl. The van der Waals surface area contributed by atoms with Gasteiger partial charge in [-0.2, -0.15) is 5.10 Å². The second kappa shape index (κ2) is 7.80. The van der Waals surface area contributed by atoms with Gasteiger partial charge in [0.05, 0.1) is 23.9 Å². The van der Waals surface area contributed by atoms with Gasteiger partial charge in [-0.05, 0) is 45.0 Å². The zero-order valence-corrected chi connectivity index (χ0v) is 16.4. The molecular formula is C20H21ClN4O2. The maximum absolute atomic E-state index is 12.8. The Hall–Kier alpha value is -2.86. The van der Waals surface area contributed by atoms with Crippen LogP contribution < -0.4 is 10.1 Å². The first-order valence-electron chi connectivity index (χ1n) is 8.54. The Kier molecular flexibility index (Phi) is 5.46. The summed E-state index contributed by atoms with van der Waals surface area (Å²) in [7, 11) is 1.60. The Bertz CT molecular complexity index is 984. The first kappa shape index (κ1) is 18.9. The molecule has 2 heterocycles. The Morgan fingerprint density at radius 1 is 1.22 bits per heavy atom. The number of halogens is 1. The van der Waals surface area contributed by atoms with E-state index in [-0.39, 0.29) is 22.7 Å². The van der Waals surface area contributed by atoms with Gasteiger partial charge in [0.25, 0.3) is 5.91 Å². The van der Waals surface area contributed by atoms with Gasteiger partial charge < -0.3 is 10.1 Å². The van der Waals surface area contributed by atoms with E-state index < -0.39 is 0 Å². The summed E-state index contributed by atoms with van der Waals surface area (Å²) in [6.45, 7) is 5.72. The molecule has 0 bridgehead atoms. The van der Waals surface area contributed by atoms with Crippen LogP contribution in [-0.4, -0.2) is 27.8 Å². The van der Waals surface area contributed by atoms with Crippen molar-refractivity contribution < 1.29 is 9.53 Å². The van der Waals surface area contributed by atoms with Crippen molar-refractivity contribution in [3.63, 3.8) is 0 Å². The fourth-order valence-electron chi connectivity index (χ4n) is 2.94. The molecular weight excluding hydrogens is 364 g/mol. The number of para-hydroxylation sites is 1. The highest BCUT2D eigenvalue weighted by Crippen LogP contribution is 2.25. The van der Waals surface area contributed by atoms with E-state index in [0.29, 0.717) is 11.6 Å². The van der Waals surface area contributed by atoms with Crippen LogP contribution >= 0.6 is 11.6 Å². The average Bonchev–Trinajstić information content (AvgIpc) is 3.00. The minimum atomic E-state index is -0.359. The molecule has 27 heavy (non-hydrogen) atoms. The molecule has 0 aliphatic rings. The molecule has 1 N–H and O–H groups in total. The van der Waals surface area contributed by atoms with Crippen LogP contribution in [0.5, 0.6) is 5.75 Å². The third kappa shape index (κ3) is 3.95. The number of pyridine rings is 1. The lowest BCUT2D eigenvalue weighted by Crippen LogP contribution is -2.28. The largest absolute Gasteiger partial charge is 0.496 e. The van der Waals surface area contributed by atoms with Gasteiger partial charge in [-0.3, -0.25) is 4.79 Å². The van der Waals surface area contributed by atoms with Crippen molar-refractivity contribution in [2.24, 2.45) is 0 Å². The van der Waals surface area contributed by atoms with Gasteiger partial charge in [-0.1, -0.05) is 29.8 Å². The maximum Gasteiger partial charge on any atom is 0.271 e. The first-order valence-corrected chi connectivity index (χ1v) is 8.92. The molecule has 3 rings (SSSR count). The number of aromatic nitrogens is 3. The van der Waals surface area contributed by atoms with Gasteiger partial charge >= 0.3 is 0 Å². The Labute approximate surface area is 163 Å². The quantitative estimate of drug-likeness (QED) is 0.720. The number of methoxy groups -OCH3 is 1. The van der Waals surface area contributed by atoms with Gasteiger partial charge in [0.1, 0.15) is 11.4 Å². The van der Waals surface area contributed by atoms with Crippen LogP contribution in [0.2, 0.25) is 5.02 Å². The summed E-state index contributed by atoms with van der Waals surface area (Å²) in [6.07, 6.45) is 0. The monoisotopic (exact) mass is 384 g/mol. The summed E-state index contributed by atoms with van der Waals surface area (Å²) in [6, 6.07) is 12.6. The number of rotatable bonds is 5. The number of benzene rings is 1. The molecule has 0 fully saturated rings. The highest BCUT2D eigenvalue weighted by Gasteiger charge is 2.19. The number of aryl methyl sites for hydroxylation is 2. The molecule has 2 aromatic heterocycles. The standard InChI is InChI=1S/C20H21ClN4O2/c1-12-11-13(2)25(24-12)18-10-9-16(21)19(23-18)20(26)22-14(3)15-7-5-6-8-17(15)27-4/h5-11,14H,1-4H3,(H,22,26). The number of carbonyl (C=O) groups is 1. The maximum atomic E-state index is 12.8. The molecule has 0 saturated heterocycles. The van der Waals surface area contributed by atoms with Gasteiger partial charge in [0, 0.05) is 11.3 Å². The Morgan fingerprint density at radius 3 is 2.63 bits per heavy atom. The van der Waals surface area contributed by atoms with Crippen molar-refractivity contribution in [2.45, 2.75) is 26.8 Å². The first-order chi connectivity index (χ1) is 12.9. The fourth-order valence-corrected chi connectivity index (χ4v) is 3.13. The summed E-state index contributed by atoms with van der Waals surface area (Å²) in [5.41, 5.74) is 2.83. The van der Waals surface area contributed by atoms with E-state index >= 15 is 0 Å². The zero-order valence-electron chi connectivity index (χ0n) is 15.7. The lowest BCUT2D eigenvalue weighted by molar-refractivity contribution is 0.0934. The molecule has 7 heteroatoms. The van der Waals surface area contributed by atoms with E-state index in [2.05, 4.69) is 15.4 Å². The third-order valence-electron chi connectivity index (χ3n) is 4.23. The predicted molar refractivity (Wildman–Crippen MR) is 105 cm³/mol. The molecule has 0 saturated carbocycles. The third-order valence-corrected chi connectivity index (χ3v) is 4.53. The van der Waals surface area contributed by atoms with Crippen LogP contribution in [-0.2, 0) is 0 Å². The van der Waals surface area contributed by atoms with Crippen molar-refractivity contribution in [1.82, 2.24) is 20.1 Å². The molecule has 1 amide bonds. The van der Waals surface area contributed by atoms with E-state index in [9.17, 15) is 4.79 Å². The zero-order chi connectivity index (χ0) is 19.6. The number of hydrogen-bond donors (Lipinski definition) is 1. The number of carbonyl (C=O) groups excluding carboxylic acids is 1. The second-order valence-electron chi connectivity index (χ2n) is 6.28. The summed E-state index contributed by atoms with van der Waals surface area (Å²) >= 11 is 6.23. The molecule has 0 aliphatic carbocycles. The van der Waals surface area contributed by atoms with Crippen molar-refractivity contribution >= 4 is 17.5 Å². The van der Waals surface area contributed by atoms with E-state index in [1.807, 2.05) is 51.1 Å². The van der Waals surface area contributed by atoms with Crippen molar-refractivity contribution in [2.75, 3.05) is 7.11 Å². The van der Waals surface area contributed by atoms with Crippen LogP contribution in [0.25, 0.3) is 5.82 Å². The molecule has 0 aliphatic heterocycles. The van der Waals surface area contributed by atoms with Crippen molar-refractivity contribution in [3.05, 3.63) is 70.1 Å². The van der Waals surface area contributed by atoms with Crippen LogP contribution in [0.4, 0.5) is 0 Å². The molecule has 1 aromatic carbocycles. The molecule has 6 nitrogen and oxygen atoms in total. The minimum Gasteiger partial charge on any atom is -0.496 e. The Balaban J connectivity index is 1.88. The van der Waals surface area contributed by atoms with Gasteiger partial charge in [-0.25, -0.2) is 9.67 Å². The Morgan fingerprint density at radius 2 is 1.96 bits per heavy atom. The minimum absolute atomic E-state index is 0.156. The summed E-state index contributed by atoms with van der Waals surface area (Å²) in [5, 5.41) is 7.62. The lowest BCUT2D eigenvalue weighted by Gasteiger charge is -2.17. The molecule has 1 unspecified atom stereocenters. The summed E-state index contributed by atoms with van der Waals surface area (Å²) < 4.78 is 7.05. The number of nitrogens with one attached hydrogen (secondary N) is 1. The van der Waals surface area contributed by atoms with Crippen LogP contribution in [0.1, 0.15) is 40.4 Å². The highest BCUT2D eigenvalue weighted by molar-refractivity contribution is 6.33. The van der Waals surface area contributed by atoms with Gasteiger partial charge in [0.2, 0.25) is 0 Å². The molecule has 3 aromatic rings. The van der Waals surface area contributed by atoms with Crippen LogP contribution in [0, 0.1) is 13.8 Å². The fraction of sp³-hybridized carbons (Fsp3) is 0.250. The topological polar surface area (TPSA) is 69.0 Å². The van der Waals surface area contributed by atoms with Crippen molar-refractivity contribution in [3.8, 4) is 11.6 Å². The van der Waals surface area contributed by atoms with Gasteiger partial charge in [-0.15, -0.1) is 0 Å². The lowest BCUT2D eigenvalue weighted by atomic mass is 10.1. The molecule has 0 radical (unpaired) electrons. The predicted octanol–water partition coefficient (Wildman–Crippen LogP) is 4.04. The van der Waals surface area contributed by atoms with E-state index in [1.165, 1.54) is 0 Å². The summed E-state index contributed by atoms with van der Waals surface area (Å²) in [4.78, 5) is 17.2. The highest BCUT2D eigenvalue weighted by atomic mass is 35.5. The van der Waals surface area contributed by atoms with Crippen LogP contribution in [0.3, 0.4) is 0 Å². The molecule has 1 atom stereocenters. The van der Waals surface area contributed by atoms with Crippen LogP contribution in [0.15, 0.2) is 42.5 Å². The second-order valence-corrected chi connectivity index (χ2v) is 6.68. The molecule has 0 spiro atoms. The van der Waals surface area contributed by atoms with Crippen molar-refractivity contribution in [1.29, 1.82) is 0 Å². The smallest absolute Gasteiger partial charge is 0.271 e. The van der Waals surface area contributed by atoms with E-state index in [1.54, 1.807) is 23.9 Å². The van der Waals surface area contributed by atoms with Gasteiger partial charge in [0.15, 0.2) is 5.82 Å². The summed E-state index contributed by atoms with van der Waals surface area (Å²) in [5.74, 6) is 0.891. The van der Waals surface area contributed by atoms with E-state index in [0.717, 1.165) is 17.0 Å². The number of amides is 1. The van der Waals surface area contributed by atoms with E-state index in [4.69, 9.17) is 16.3 Å².